The summed E-state index contributed by atoms with van der Waals surface area (Å²) in [6.45, 7) is 2.09. The number of ether oxygens (including phenoxy) is 2. The highest BCUT2D eigenvalue weighted by Gasteiger charge is 2.25. The molecule has 1 aromatic rings. The molecule has 0 atom stereocenters. The first-order valence-electron chi connectivity index (χ1n) is 7.46. The van der Waals surface area contributed by atoms with Gasteiger partial charge in [-0.25, -0.2) is 9.18 Å². The van der Waals surface area contributed by atoms with Crippen LogP contribution in [0.15, 0.2) is 33.3 Å². The monoisotopic (exact) mass is 383 g/mol. The van der Waals surface area contributed by atoms with Crippen LogP contribution in [-0.2, 0) is 14.3 Å². The fourth-order valence-electron chi connectivity index (χ4n) is 1.76. The summed E-state index contributed by atoms with van der Waals surface area (Å²) in [5.74, 6) is -3.54. The SMILES string of the molecule is CCCOc1cc(C=N/N=C2/NC(=O)/C(=C\C(=O)OC)S2)cc(F)c1F. The van der Waals surface area contributed by atoms with E-state index in [1.54, 1.807) is 0 Å². The molecule has 0 saturated carbocycles. The van der Waals surface area contributed by atoms with Crippen LogP contribution in [0.2, 0.25) is 0 Å². The molecule has 2 rings (SSSR count). The van der Waals surface area contributed by atoms with Gasteiger partial charge in [-0.3, -0.25) is 10.1 Å². The molecule has 10 heteroatoms. The Labute approximate surface area is 152 Å². The molecule has 1 fully saturated rings. The summed E-state index contributed by atoms with van der Waals surface area (Å²) in [6, 6.07) is 2.24. The van der Waals surface area contributed by atoms with Crippen LogP contribution in [0.5, 0.6) is 5.75 Å². The number of methoxy groups -OCH3 is 1. The molecule has 7 nitrogen and oxygen atoms in total. The van der Waals surface area contributed by atoms with Gasteiger partial charge in [-0.15, -0.1) is 5.10 Å². The average molecular weight is 383 g/mol. The lowest BCUT2D eigenvalue weighted by molar-refractivity contribution is -0.135. The van der Waals surface area contributed by atoms with Crippen LogP contribution in [0.25, 0.3) is 0 Å². The van der Waals surface area contributed by atoms with E-state index in [0.717, 1.165) is 23.9 Å². The number of rotatable bonds is 6. The van der Waals surface area contributed by atoms with Crippen LogP contribution in [0, 0.1) is 11.6 Å². The lowest BCUT2D eigenvalue weighted by atomic mass is 10.2. The van der Waals surface area contributed by atoms with Crippen molar-refractivity contribution in [2.24, 2.45) is 10.2 Å². The zero-order valence-electron chi connectivity index (χ0n) is 13.9. The number of hydrogen-bond acceptors (Lipinski definition) is 7. The molecule has 1 amide bonds. The van der Waals surface area contributed by atoms with Crippen molar-refractivity contribution in [3.05, 3.63) is 40.3 Å². The summed E-state index contributed by atoms with van der Waals surface area (Å²) in [6.07, 6.45) is 2.85. The average Bonchev–Trinajstić information content (AvgIpc) is 2.95. The maximum atomic E-state index is 13.6. The predicted molar refractivity (Wildman–Crippen MR) is 93.0 cm³/mol. The largest absolute Gasteiger partial charge is 0.490 e. The zero-order valence-corrected chi connectivity index (χ0v) is 14.7. The molecule has 1 saturated heterocycles. The Morgan fingerprint density at radius 3 is 2.85 bits per heavy atom. The minimum absolute atomic E-state index is 0.105. The summed E-state index contributed by atoms with van der Waals surface area (Å²) in [5.41, 5.74) is 0.235. The maximum absolute atomic E-state index is 13.6. The molecular formula is C16H15F2N3O4S. The summed E-state index contributed by atoms with van der Waals surface area (Å²) in [7, 11) is 1.19. The standard InChI is InChI=1S/C16H15F2N3O4S/c1-3-4-25-11-6-9(5-10(17)14(11)18)8-19-21-16-20-15(23)12(26-16)7-13(22)24-2/h5-8H,3-4H2,1-2H3,(H,20,21,23)/b12-7+,19-8?. The van der Waals surface area contributed by atoms with E-state index < -0.39 is 23.5 Å². The summed E-state index contributed by atoms with van der Waals surface area (Å²) < 4.78 is 36.8. The van der Waals surface area contributed by atoms with Gasteiger partial charge in [-0.1, -0.05) is 6.92 Å². The van der Waals surface area contributed by atoms with Crippen molar-refractivity contribution >= 4 is 35.0 Å². The second-order valence-corrected chi connectivity index (χ2v) is 5.93. The lowest BCUT2D eigenvalue weighted by Gasteiger charge is -2.07. The van der Waals surface area contributed by atoms with E-state index in [1.807, 2.05) is 6.92 Å². The van der Waals surface area contributed by atoms with Gasteiger partial charge in [0.2, 0.25) is 5.82 Å². The fraction of sp³-hybridized carbons (Fsp3) is 0.250. The second kappa shape index (κ2) is 9.09. The Hall–Kier alpha value is -2.75. The van der Waals surface area contributed by atoms with Gasteiger partial charge in [0.15, 0.2) is 16.7 Å². The molecule has 0 spiro atoms. The van der Waals surface area contributed by atoms with Crippen LogP contribution in [0.1, 0.15) is 18.9 Å². The highest BCUT2D eigenvalue weighted by Crippen LogP contribution is 2.24. The summed E-state index contributed by atoms with van der Waals surface area (Å²) in [4.78, 5) is 22.9. The first-order valence-corrected chi connectivity index (χ1v) is 8.28. The molecule has 0 aromatic heterocycles. The molecule has 138 valence electrons. The van der Waals surface area contributed by atoms with Crippen LogP contribution < -0.4 is 10.1 Å². The normalized spacial score (nSPS) is 17.2. The van der Waals surface area contributed by atoms with Gasteiger partial charge in [0.05, 0.1) is 24.8 Å². The minimum atomic E-state index is -1.07. The van der Waals surface area contributed by atoms with E-state index in [9.17, 15) is 18.4 Å². The van der Waals surface area contributed by atoms with E-state index in [-0.39, 0.29) is 28.0 Å². The predicted octanol–water partition coefficient (Wildman–Crippen LogP) is 2.36. The molecule has 0 aliphatic carbocycles. The zero-order chi connectivity index (χ0) is 19.1. The van der Waals surface area contributed by atoms with Crippen LogP contribution in [-0.4, -0.2) is 37.0 Å². The smallest absolute Gasteiger partial charge is 0.331 e. The number of nitrogens with zero attached hydrogens (tertiary/aromatic N) is 2. The van der Waals surface area contributed by atoms with Crippen molar-refractivity contribution in [3.63, 3.8) is 0 Å². The summed E-state index contributed by atoms with van der Waals surface area (Å²) in [5, 5.41) is 10.0. The second-order valence-electron chi connectivity index (χ2n) is 4.90. The molecule has 0 bridgehead atoms. The van der Waals surface area contributed by atoms with E-state index in [1.165, 1.54) is 19.4 Å². The number of carbonyl (C=O) groups is 2. The van der Waals surface area contributed by atoms with E-state index in [2.05, 4.69) is 20.3 Å². The van der Waals surface area contributed by atoms with Crippen LogP contribution >= 0.6 is 11.8 Å². The van der Waals surface area contributed by atoms with Crippen molar-refractivity contribution in [3.8, 4) is 5.75 Å². The number of amidine groups is 1. The van der Waals surface area contributed by atoms with E-state index in [0.29, 0.717) is 6.42 Å². The number of benzene rings is 1. The molecule has 1 aliphatic rings. The number of esters is 1. The topological polar surface area (TPSA) is 89.4 Å². The van der Waals surface area contributed by atoms with Crippen molar-refractivity contribution < 1.29 is 27.8 Å². The van der Waals surface area contributed by atoms with Gasteiger partial charge < -0.3 is 9.47 Å². The third-order valence-electron chi connectivity index (χ3n) is 2.94. The third kappa shape index (κ3) is 5.12. The number of halogens is 2. The highest BCUT2D eigenvalue weighted by atomic mass is 32.2. The van der Waals surface area contributed by atoms with Gasteiger partial charge in [0, 0.05) is 11.6 Å². The number of amides is 1. The van der Waals surface area contributed by atoms with Crippen LogP contribution in [0.4, 0.5) is 8.78 Å². The number of hydrogen-bond donors (Lipinski definition) is 1. The Morgan fingerprint density at radius 1 is 1.38 bits per heavy atom. The Balaban J connectivity index is 2.12. The molecule has 26 heavy (non-hydrogen) atoms. The van der Waals surface area contributed by atoms with Gasteiger partial charge >= 0.3 is 5.97 Å². The van der Waals surface area contributed by atoms with E-state index >= 15 is 0 Å². The van der Waals surface area contributed by atoms with Gasteiger partial charge in [0.25, 0.3) is 5.91 Å². The number of nitrogens with one attached hydrogen (secondary N) is 1. The molecule has 0 radical (unpaired) electrons. The first kappa shape index (κ1) is 19.6. The maximum Gasteiger partial charge on any atom is 0.331 e. The van der Waals surface area contributed by atoms with Crippen molar-refractivity contribution in [2.45, 2.75) is 13.3 Å². The number of thioether (sulfide) groups is 1. The van der Waals surface area contributed by atoms with Crippen LogP contribution in [0.3, 0.4) is 0 Å². The van der Waals surface area contributed by atoms with Gasteiger partial charge in [-0.05, 0) is 30.3 Å². The Kier molecular flexibility index (Phi) is 6.84. The Morgan fingerprint density at radius 2 is 2.15 bits per heavy atom. The molecule has 1 aromatic carbocycles. The van der Waals surface area contributed by atoms with Gasteiger partial charge in [-0.2, -0.15) is 9.49 Å². The minimum Gasteiger partial charge on any atom is -0.490 e. The van der Waals surface area contributed by atoms with Crippen molar-refractivity contribution in [2.75, 3.05) is 13.7 Å². The fourth-order valence-corrected chi connectivity index (χ4v) is 2.50. The van der Waals surface area contributed by atoms with Crippen molar-refractivity contribution in [1.82, 2.24) is 5.32 Å². The summed E-state index contributed by atoms with van der Waals surface area (Å²) >= 11 is 0.895. The lowest BCUT2D eigenvalue weighted by Crippen LogP contribution is -2.19. The van der Waals surface area contributed by atoms with E-state index in [4.69, 9.17) is 4.74 Å². The molecule has 0 unspecified atom stereocenters. The third-order valence-corrected chi connectivity index (χ3v) is 3.84. The molecule has 1 aliphatic heterocycles. The molecular weight excluding hydrogens is 368 g/mol. The highest BCUT2D eigenvalue weighted by molar-refractivity contribution is 8.18. The van der Waals surface area contributed by atoms with Crippen molar-refractivity contribution in [1.29, 1.82) is 0 Å². The molecule has 1 heterocycles. The van der Waals surface area contributed by atoms with Gasteiger partial charge in [0.1, 0.15) is 0 Å². The Bertz CT molecular complexity index is 809. The quantitative estimate of drug-likeness (QED) is 0.353. The molecule has 1 N–H and O–H groups in total. The number of carbonyl (C=O) groups excluding carboxylic acids is 2. The first-order chi connectivity index (χ1) is 12.4.